The first-order chi connectivity index (χ1) is 8.74. The molecule has 1 aromatic carbocycles. The highest BCUT2D eigenvalue weighted by Gasteiger charge is 2.23. The van der Waals surface area contributed by atoms with Crippen molar-refractivity contribution in [3.8, 4) is 0 Å². The second-order valence-electron chi connectivity index (χ2n) is 4.17. The van der Waals surface area contributed by atoms with Gasteiger partial charge in [-0.25, -0.2) is 4.79 Å². The Balaban J connectivity index is 2.93. The van der Waals surface area contributed by atoms with Crippen molar-refractivity contribution in [1.29, 1.82) is 0 Å². The van der Waals surface area contributed by atoms with Crippen LogP contribution in [0, 0.1) is 0 Å². The lowest BCUT2D eigenvalue weighted by atomic mass is 9.98. The SMILES string of the molecule is CCCCc1ccccc1C(OC)C(=O)OCC. The molecule has 0 fully saturated rings. The van der Waals surface area contributed by atoms with Crippen LogP contribution in [0.25, 0.3) is 0 Å². The maximum atomic E-state index is 11.9. The zero-order chi connectivity index (χ0) is 13.4. The third-order valence-electron chi connectivity index (χ3n) is 2.87. The van der Waals surface area contributed by atoms with Gasteiger partial charge in [-0.05, 0) is 30.9 Å². The summed E-state index contributed by atoms with van der Waals surface area (Å²) in [5.74, 6) is -0.316. The number of hydrogen-bond donors (Lipinski definition) is 0. The van der Waals surface area contributed by atoms with Crippen LogP contribution in [0.15, 0.2) is 24.3 Å². The van der Waals surface area contributed by atoms with E-state index >= 15 is 0 Å². The Morgan fingerprint density at radius 1 is 1.28 bits per heavy atom. The second-order valence-corrected chi connectivity index (χ2v) is 4.17. The fourth-order valence-corrected chi connectivity index (χ4v) is 1.95. The van der Waals surface area contributed by atoms with Gasteiger partial charge in [-0.15, -0.1) is 0 Å². The first-order valence-corrected chi connectivity index (χ1v) is 6.51. The standard InChI is InChI=1S/C15H22O3/c1-4-6-9-12-10-7-8-11-13(12)14(17-3)15(16)18-5-2/h7-8,10-11,14H,4-6,9H2,1-3H3. The highest BCUT2D eigenvalue weighted by atomic mass is 16.6. The fraction of sp³-hybridized carbons (Fsp3) is 0.533. The van der Waals surface area contributed by atoms with Gasteiger partial charge in [0.15, 0.2) is 6.10 Å². The quantitative estimate of drug-likeness (QED) is 0.697. The molecule has 3 heteroatoms. The van der Waals surface area contributed by atoms with Gasteiger partial charge in [-0.3, -0.25) is 0 Å². The van der Waals surface area contributed by atoms with Gasteiger partial charge in [0.1, 0.15) is 0 Å². The summed E-state index contributed by atoms with van der Waals surface area (Å²) in [4.78, 5) is 11.9. The molecule has 0 aliphatic rings. The molecule has 3 nitrogen and oxygen atoms in total. The monoisotopic (exact) mass is 250 g/mol. The molecule has 0 aliphatic heterocycles. The van der Waals surface area contributed by atoms with Gasteiger partial charge in [-0.2, -0.15) is 0 Å². The highest BCUT2D eigenvalue weighted by Crippen LogP contribution is 2.23. The molecule has 100 valence electrons. The Bertz CT molecular complexity index is 374. The molecular weight excluding hydrogens is 228 g/mol. The van der Waals surface area contributed by atoms with E-state index in [0.29, 0.717) is 6.61 Å². The Kier molecular flexibility index (Phi) is 6.44. The minimum atomic E-state index is -0.613. The van der Waals surface area contributed by atoms with E-state index in [1.807, 2.05) is 18.2 Å². The van der Waals surface area contributed by atoms with Crippen molar-refractivity contribution < 1.29 is 14.3 Å². The summed E-state index contributed by atoms with van der Waals surface area (Å²) in [5, 5.41) is 0. The zero-order valence-corrected chi connectivity index (χ0v) is 11.4. The van der Waals surface area contributed by atoms with Gasteiger partial charge in [0, 0.05) is 7.11 Å². The third kappa shape index (κ3) is 3.84. The van der Waals surface area contributed by atoms with Crippen LogP contribution < -0.4 is 0 Å². The number of ether oxygens (including phenoxy) is 2. The van der Waals surface area contributed by atoms with Crippen molar-refractivity contribution in [2.75, 3.05) is 13.7 Å². The Hall–Kier alpha value is -1.35. The van der Waals surface area contributed by atoms with E-state index in [4.69, 9.17) is 9.47 Å². The van der Waals surface area contributed by atoms with E-state index < -0.39 is 6.10 Å². The minimum Gasteiger partial charge on any atom is -0.464 e. The number of benzene rings is 1. The molecule has 0 saturated carbocycles. The Morgan fingerprint density at radius 2 is 2.00 bits per heavy atom. The van der Waals surface area contributed by atoms with Gasteiger partial charge in [0.25, 0.3) is 0 Å². The van der Waals surface area contributed by atoms with Gasteiger partial charge in [-0.1, -0.05) is 37.6 Å². The summed E-state index contributed by atoms with van der Waals surface area (Å²) < 4.78 is 10.3. The van der Waals surface area contributed by atoms with Crippen molar-refractivity contribution in [2.45, 2.75) is 39.2 Å². The number of hydrogen-bond acceptors (Lipinski definition) is 3. The van der Waals surface area contributed by atoms with Crippen LogP contribution >= 0.6 is 0 Å². The van der Waals surface area contributed by atoms with Crippen LogP contribution in [0.2, 0.25) is 0 Å². The van der Waals surface area contributed by atoms with E-state index in [2.05, 4.69) is 13.0 Å². The van der Waals surface area contributed by atoms with E-state index in [1.165, 1.54) is 12.7 Å². The van der Waals surface area contributed by atoms with Crippen LogP contribution in [-0.4, -0.2) is 19.7 Å². The normalized spacial score (nSPS) is 12.2. The summed E-state index contributed by atoms with van der Waals surface area (Å²) in [6.45, 7) is 4.32. The molecule has 0 radical (unpaired) electrons. The number of rotatable bonds is 7. The summed E-state index contributed by atoms with van der Waals surface area (Å²) in [6, 6.07) is 7.91. The predicted octanol–water partition coefficient (Wildman–Crippen LogP) is 3.28. The number of esters is 1. The molecule has 1 unspecified atom stereocenters. The molecule has 0 heterocycles. The number of unbranched alkanes of at least 4 members (excludes halogenated alkanes) is 1. The third-order valence-corrected chi connectivity index (χ3v) is 2.87. The zero-order valence-electron chi connectivity index (χ0n) is 11.4. The van der Waals surface area contributed by atoms with Crippen molar-refractivity contribution in [3.63, 3.8) is 0 Å². The number of methoxy groups -OCH3 is 1. The molecule has 0 aromatic heterocycles. The smallest absolute Gasteiger partial charge is 0.339 e. The summed E-state index contributed by atoms with van der Waals surface area (Å²) in [6.07, 6.45) is 2.59. The molecule has 0 amide bonds. The molecule has 18 heavy (non-hydrogen) atoms. The van der Waals surface area contributed by atoms with E-state index in [1.54, 1.807) is 6.92 Å². The molecule has 0 saturated heterocycles. The average molecular weight is 250 g/mol. The van der Waals surface area contributed by atoms with E-state index in [9.17, 15) is 4.79 Å². The van der Waals surface area contributed by atoms with Crippen LogP contribution in [0.3, 0.4) is 0 Å². The van der Waals surface area contributed by atoms with Crippen LogP contribution in [0.1, 0.15) is 43.9 Å². The van der Waals surface area contributed by atoms with Gasteiger partial charge in [0.05, 0.1) is 6.61 Å². The van der Waals surface area contributed by atoms with Crippen molar-refractivity contribution >= 4 is 5.97 Å². The van der Waals surface area contributed by atoms with Crippen molar-refractivity contribution in [1.82, 2.24) is 0 Å². The molecule has 0 aliphatic carbocycles. The van der Waals surface area contributed by atoms with Gasteiger partial charge in [0.2, 0.25) is 0 Å². The van der Waals surface area contributed by atoms with E-state index in [0.717, 1.165) is 24.8 Å². The lowest BCUT2D eigenvalue weighted by Crippen LogP contribution is -2.19. The van der Waals surface area contributed by atoms with Gasteiger partial charge < -0.3 is 9.47 Å². The van der Waals surface area contributed by atoms with Crippen LogP contribution in [0.4, 0.5) is 0 Å². The summed E-state index contributed by atoms with van der Waals surface area (Å²) in [5.41, 5.74) is 2.09. The van der Waals surface area contributed by atoms with E-state index in [-0.39, 0.29) is 5.97 Å². The molecule has 1 atom stereocenters. The highest BCUT2D eigenvalue weighted by molar-refractivity contribution is 5.77. The number of aryl methyl sites for hydroxylation is 1. The number of carbonyl (C=O) groups is 1. The predicted molar refractivity (Wildman–Crippen MR) is 71.4 cm³/mol. The molecule has 0 spiro atoms. The summed E-state index contributed by atoms with van der Waals surface area (Å²) in [7, 11) is 1.54. The van der Waals surface area contributed by atoms with Crippen LogP contribution in [0.5, 0.6) is 0 Å². The topological polar surface area (TPSA) is 35.5 Å². The second kappa shape index (κ2) is 7.88. The molecular formula is C15H22O3. The minimum absolute atomic E-state index is 0.316. The lowest BCUT2D eigenvalue weighted by Gasteiger charge is -2.17. The Labute approximate surface area is 109 Å². The number of carbonyl (C=O) groups excluding carboxylic acids is 1. The van der Waals surface area contributed by atoms with Crippen LogP contribution in [-0.2, 0) is 20.7 Å². The van der Waals surface area contributed by atoms with Gasteiger partial charge >= 0.3 is 5.97 Å². The molecule has 0 bridgehead atoms. The summed E-state index contributed by atoms with van der Waals surface area (Å²) >= 11 is 0. The Morgan fingerprint density at radius 3 is 2.61 bits per heavy atom. The lowest BCUT2D eigenvalue weighted by molar-refractivity contribution is -0.155. The largest absolute Gasteiger partial charge is 0.464 e. The molecule has 0 N–H and O–H groups in total. The molecule has 1 rings (SSSR count). The first kappa shape index (κ1) is 14.7. The average Bonchev–Trinajstić information content (AvgIpc) is 2.39. The van der Waals surface area contributed by atoms with Crippen molar-refractivity contribution in [3.05, 3.63) is 35.4 Å². The first-order valence-electron chi connectivity index (χ1n) is 6.51. The fourth-order valence-electron chi connectivity index (χ4n) is 1.95. The molecule has 1 aromatic rings. The van der Waals surface area contributed by atoms with Crippen molar-refractivity contribution in [2.24, 2.45) is 0 Å². The maximum absolute atomic E-state index is 11.9. The maximum Gasteiger partial charge on any atom is 0.339 e.